The fourth-order valence-electron chi connectivity index (χ4n) is 1.77. The predicted octanol–water partition coefficient (Wildman–Crippen LogP) is 3.01. The lowest BCUT2D eigenvalue weighted by Gasteiger charge is -2.03. The second-order valence-electron chi connectivity index (χ2n) is 4.03. The Morgan fingerprint density at radius 1 is 1.28 bits per heavy atom. The third kappa shape index (κ3) is 2.79. The topological polar surface area (TPSA) is 50.4 Å². The van der Waals surface area contributed by atoms with Crippen LogP contribution in [-0.4, -0.2) is 11.7 Å². The average molecular weight is 315 g/mol. The second-order valence-corrected chi connectivity index (χ2v) is 4.89. The number of aliphatic hydroxyl groups is 1. The fourth-order valence-corrected chi connectivity index (χ4v) is 2.13. The van der Waals surface area contributed by atoms with E-state index in [4.69, 9.17) is 9.52 Å². The maximum atomic E-state index is 13.3. The van der Waals surface area contributed by atoms with E-state index in [0.29, 0.717) is 28.5 Å². The van der Waals surface area contributed by atoms with Crippen LogP contribution < -0.4 is 5.63 Å². The molecule has 1 heterocycles. The lowest BCUT2D eigenvalue weighted by Crippen LogP contribution is -2.03. The van der Waals surface area contributed by atoms with Gasteiger partial charge in [0.25, 0.3) is 0 Å². The highest BCUT2D eigenvalue weighted by atomic mass is 79.9. The van der Waals surface area contributed by atoms with Crippen molar-refractivity contribution in [1.82, 2.24) is 0 Å². The minimum absolute atomic E-state index is 0.120. The van der Waals surface area contributed by atoms with Crippen molar-refractivity contribution in [2.75, 3.05) is 6.61 Å². The minimum atomic E-state index is -0.530. The summed E-state index contributed by atoms with van der Waals surface area (Å²) in [5.74, 6) is 0.0716. The van der Waals surface area contributed by atoms with Crippen LogP contribution in [-0.2, 0) is 6.42 Å². The standard InChI is InChI=1S/C13H12BrFO3/c14-11-6-8-5-9(3-1-2-4-16)18-13(17)10(8)7-12(11)15/h5-7,16H,1-4H2. The third-order valence-corrected chi connectivity index (χ3v) is 3.29. The molecule has 0 aliphatic heterocycles. The normalized spacial score (nSPS) is 11.1. The first kappa shape index (κ1) is 13.2. The van der Waals surface area contributed by atoms with Gasteiger partial charge in [0.05, 0.1) is 9.86 Å². The molecule has 3 nitrogen and oxygen atoms in total. The molecule has 0 amide bonds. The Kier molecular flexibility index (Phi) is 4.14. The Morgan fingerprint density at radius 2 is 2.06 bits per heavy atom. The first-order valence-corrected chi connectivity index (χ1v) is 6.44. The summed E-state index contributed by atoms with van der Waals surface area (Å²) in [6.45, 7) is 0.120. The summed E-state index contributed by atoms with van der Waals surface area (Å²) in [5.41, 5.74) is -0.530. The zero-order valence-corrected chi connectivity index (χ0v) is 11.2. The van der Waals surface area contributed by atoms with Gasteiger partial charge in [-0.05, 0) is 52.4 Å². The lowest BCUT2D eigenvalue weighted by molar-refractivity contribution is 0.282. The van der Waals surface area contributed by atoms with Crippen molar-refractivity contribution in [1.29, 1.82) is 0 Å². The van der Waals surface area contributed by atoms with Gasteiger partial charge in [-0.2, -0.15) is 0 Å². The molecule has 1 aromatic carbocycles. The van der Waals surface area contributed by atoms with Crippen LogP contribution in [0.4, 0.5) is 4.39 Å². The van der Waals surface area contributed by atoms with Crippen molar-refractivity contribution in [3.63, 3.8) is 0 Å². The summed E-state index contributed by atoms with van der Waals surface area (Å²) in [4.78, 5) is 11.7. The Labute approximate surface area is 111 Å². The van der Waals surface area contributed by atoms with Crippen LogP contribution in [0.3, 0.4) is 0 Å². The summed E-state index contributed by atoms with van der Waals surface area (Å²) < 4.78 is 18.8. The van der Waals surface area contributed by atoms with Crippen LogP contribution in [0.2, 0.25) is 0 Å². The predicted molar refractivity (Wildman–Crippen MR) is 70.2 cm³/mol. The molecule has 0 bridgehead atoms. The van der Waals surface area contributed by atoms with Gasteiger partial charge in [0.1, 0.15) is 11.6 Å². The number of rotatable bonds is 4. The van der Waals surface area contributed by atoms with Crippen molar-refractivity contribution in [3.05, 3.63) is 44.7 Å². The average Bonchev–Trinajstić information content (AvgIpc) is 2.32. The molecule has 5 heteroatoms. The van der Waals surface area contributed by atoms with Gasteiger partial charge in [-0.3, -0.25) is 0 Å². The van der Waals surface area contributed by atoms with Gasteiger partial charge in [0.2, 0.25) is 0 Å². The maximum Gasteiger partial charge on any atom is 0.343 e. The van der Waals surface area contributed by atoms with Gasteiger partial charge < -0.3 is 9.52 Å². The van der Waals surface area contributed by atoms with Crippen LogP contribution in [0.1, 0.15) is 18.6 Å². The molecule has 0 atom stereocenters. The van der Waals surface area contributed by atoms with E-state index in [0.717, 1.165) is 6.42 Å². The molecule has 0 saturated heterocycles. The molecule has 0 radical (unpaired) electrons. The number of halogens is 2. The Balaban J connectivity index is 2.42. The minimum Gasteiger partial charge on any atom is -0.427 e. The van der Waals surface area contributed by atoms with Gasteiger partial charge in [-0.25, -0.2) is 9.18 Å². The monoisotopic (exact) mass is 314 g/mol. The van der Waals surface area contributed by atoms with Gasteiger partial charge in [-0.1, -0.05) is 0 Å². The van der Waals surface area contributed by atoms with Crippen molar-refractivity contribution in [2.45, 2.75) is 19.3 Å². The number of hydrogen-bond acceptors (Lipinski definition) is 3. The van der Waals surface area contributed by atoms with Gasteiger partial charge in [0.15, 0.2) is 0 Å². The van der Waals surface area contributed by atoms with Crippen LogP contribution >= 0.6 is 15.9 Å². The third-order valence-electron chi connectivity index (χ3n) is 2.68. The van der Waals surface area contributed by atoms with Crippen LogP contribution in [0.5, 0.6) is 0 Å². The first-order chi connectivity index (χ1) is 8.61. The molecule has 2 rings (SSSR count). The smallest absolute Gasteiger partial charge is 0.343 e. The van der Waals surface area contributed by atoms with E-state index in [1.807, 2.05) is 0 Å². The molecule has 96 valence electrons. The zero-order valence-electron chi connectivity index (χ0n) is 9.58. The fraction of sp³-hybridized carbons (Fsp3) is 0.308. The first-order valence-electron chi connectivity index (χ1n) is 5.64. The van der Waals surface area contributed by atoms with E-state index in [1.165, 1.54) is 6.07 Å². The molecule has 0 spiro atoms. The highest BCUT2D eigenvalue weighted by molar-refractivity contribution is 9.10. The summed E-state index contributed by atoms with van der Waals surface area (Å²) in [6, 6.07) is 4.47. The van der Waals surface area contributed by atoms with E-state index < -0.39 is 11.4 Å². The lowest BCUT2D eigenvalue weighted by atomic mass is 10.1. The molecule has 1 N–H and O–H groups in total. The Morgan fingerprint density at radius 3 is 2.78 bits per heavy atom. The molecule has 2 aromatic rings. The largest absolute Gasteiger partial charge is 0.427 e. The second kappa shape index (κ2) is 5.63. The van der Waals surface area contributed by atoms with E-state index >= 15 is 0 Å². The van der Waals surface area contributed by atoms with Crippen molar-refractivity contribution >= 4 is 26.7 Å². The molecule has 0 fully saturated rings. The SMILES string of the molecule is O=c1oc(CCCCO)cc2cc(Br)c(F)cc12. The van der Waals surface area contributed by atoms with Crippen molar-refractivity contribution in [3.8, 4) is 0 Å². The van der Waals surface area contributed by atoms with E-state index in [2.05, 4.69) is 15.9 Å². The summed E-state index contributed by atoms with van der Waals surface area (Å²) in [7, 11) is 0. The molecule has 0 aliphatic carbocycles. The van der Waals surface area contributed by atoms with Crippen LogP contribution in [0.15, 0.2) is 31.9 Å². The van der Waals surface area contributed by atoms with E-state index in [1.54, 1.807) is 12.1 Å². The molecule has 18 heavy (non-hydrogen) atoms. The molecular weight excluding hydrogens is 303 g/mol. The summed E-state index contributed by atoms with van der Waals surface area (Å²) >= 11 is 3.09. The summed E-state index contributed by atoms with van der Waals surface area (Å²) in [5, 5.41) is 9.59. The number of unbranched alkanes of at least 4 members (excludes halogenated alkanes) is 1. The number of fused-ring (bicyclic) bond motifs is 1. The van der Waals surface area contributed by atoms with E-state index in [9.17, 15) is 9.18 Å². The van der Waals surface area contributed by atoms with Crippen molar-refractivity contribution < 1.29 is 13.9 Å². The van der Waals surface area contributed by atoms with Gasteiger partial charge in [0, 0.05) is 13.0 Å². The number of benzene rings is 1. The Bertz CT molecular complexity index is 621. The summed E-state index contributed by atoms with van der Waals surface area (Å²) in [6.07, 6.45) is 1.99. The molecular formula is C13H12BrFO3. The van der Waals surface area contributed by atoms with Crippen LogP contribution in [0, 0.1) is 5.82 Å². The zero-order chi connectivity index (χ0) is 13.1. The highest BCUT2D eigenvalue weighted by Crippen LogP contribution is 2.22. The van der Waals surface area contributed by atoms with Crippen LogP contribution in [0.25, 0.3) is 10.8 Å². The number of hydrogen-bond donors (Lipinski definition) is 1. The van der Waals surface area contributed by atoms with Gasteiger partial charge in [-0.15, -0.1) is 0 Å². The number of aryl methyl sites for hydroxylation is 1. The quantitative estimate of drug-likeness (QED) is 0.883. The maximum absolute atomic E-state index is 13.3. The van der Waals surface area contributed by atoms with E-state index in [-0.39, 0.29) is 12.0 Å². The van der Waals surface area contributed by atoms with Gasteiger partial charge >= 0.3 is 5.63 Å². The molecule has 0 saturated carbocycles. The molecule has 1 aromatic heterocycles. The van der Waals surface area contributed by atoms with Crippen molar-refractivity contribution in [2.24, 2.45) is 0 Å². The molecule has 0 unspecified atom stereocenters. The molecule has 0 aliphatic rings. The Hall–Kier alpha value is -1.20. The highest BCUT2D eigenvalue weighted by Gasteiger charge is 2.08. The number of aliphatic hydroxyl groups excluding tert-OH is 1.